The number of carbonyl (C=O) groups excluding carboxylic acids is 1. The summed E-state index contributed by atoms with van der Waals surface area (Å²) >= 11 is 13.1. The highest BCUT2D eigenvalue weighted by molar-refractivity contribution is 7.89. The van der Waals surface area contributed by atoms with Crippen LogP contribution in [0.25, 0.3) is 10.9 Å². The van der Waals surface area contributed by atoms with Crippen LogP contribution < -0.4 is 4.74 Å². The van der Waals surface area contributed by atoms with Crippen LogP contribution in [0.15, 0.2) is 47.4 Å². The van der Waals surface area contributed by atoms with E-state index in [9.17, 15) is 13.2 Å². The summed E-state index contributed by atoms with van der Waals surface area (Å²) in [5, 5.41) is 1.15. The van der Waals surface area contributed by atoms with E-state index in [2.05, 4.69) is 4.98 Å². The lowest BCUT2D eigenvalue weighted by molar-refractivity contribution is -0.147. The molecule has 4 rings (SSSR count). The largest absolute Gasteiger partial charge is 0.487 e. The molecular formula is C27H31Cl2N3O5S. The fourth-order valence-corrected chi connectivity index (χ4v) is 6.94. The molecule has 3 aromatic rings. The summed E-state index contributed by atoms with van der Waals surface area (Å²) in [6.07, 6.45) is 1.60. The first-order valence-corrected chi connectivity index (χ1v) is 14.6. The van der Waals surface area contributed by atoms with Crippen LogP contribution in [-0.2, 0) is 26.2 Å². The summed E-state index contributed by atoms with van der Waals surface area (Å²) < 4.78 is 39.9. The van der Waals surface area contributed by atoms with Gasteiger partial charge in [-0.05, 0) is 64.5 Å². The van der Waals surface area contributed by atoms with Crippen LogP contribution >= 0.6 is 23.2 Å². The molecule has 0 unspecified atom stereocenters. The predicted octanol–water partition coefficient (Wildman–Crippen LogP) is 5.08. The third kappa shape index (κ3) is 6.24. The second kappa shape index (κ2) is 12.2. The van der Waals surface area contributed by atoms with Gasteiger partial charge in [0.1, 0.15) is 28.8 Å². The van der Waals surface area contributed by atoms with Crippen molar-refractivity contribution in [2.45, 2.75) is 43.7 Å². The van der Waals surface area contributed by atoms with Gasteiger partial charge in [-0.3, -0.25) is 4.79 Å². The highest BCUT2D eigenvalue weighted by Crippen LogP contribution is 2.36. The summed E-state index contributed by atoms with van der Waals surface area (Å²) in [4.78, 5) is 19.2. The van der Waals surface area contributed by atoms with Gasteiger partial charge in [0.25, 0.3) is 0 Å². The number of aryl methyl sites for hydroxylation is 1. The van der Waals surface area contributed by atoms with Gasteiger partial charge >= 0.3 is 5.97 Å². The molecule has 1 atom stereocenters. The number of esters is 1. The van der Waals surface area contributed by atoms with Crippen molar-refractivity contribution >= 4 is 50.1 Å². The van der Waals surface area contributed by atoms with E-state index in [4.69, 9.17) is 32.7 Å². The molecule has 204 valence electrons. The van der Waals surface area contributed by atoms with Crippen LogP contribution in [-0.4, -0.2) is 68.4 Å². The first-order valence-electron chi connectivity index (χ1n) is 12.4. The van der Waals surface area contributed by atoms with Gasteiger partial charge in [0.2, 0.25) is 10.0 Å². The van der Waals surface area contributed by atoms with Crippen molar-refractivity contribution in [2.75, 3.05) is 33.8 Å². The predicted molar refractivity (Wildman–Crippen MR) is 148 cm³/mol. The van der Waals surface area contributed by atoms with Crippen LogP contribution in [0.4, 0.5) is 0 Å². The van der Waals surface area contributed by atoms with E-state index in [-0.39, 0.29) is 34.7 Å². The van der Waals surface area contributed by atoms with E-state index in [1.54, 1.807) is 6.07 Å². The molecule has 1 fully saturated rings. The van der Waals surface area contributed by atoms with Crippen LogP contribution in [0.3, 0.4) is 0 Å². The molecule has 2 heterocycles. The van der Waals surface area contributed by atoms with E-state index >= 15 is 0 Å². The normalized spacial score (nSPS) is 16.3. The average Bonchev–Trinajstić information content (AvgIpc) is 3.37. The number of pyridine rings is 1. The number of hydrogen-bond donors (Lipinski definition) is 0. The lowest BCUT2D eigenvalue weighted by atomic mass is 10.2. The fraction of sp³-hybridized carbons (Fsp3) is 0.407. The summed E-state index contributed by atoms with van der Waals surface area (Å²) in [7, 11) is -0.239. The van der Waals surface area contributed by atoms with Gasteiger partial charge in [-0.1, -0.05) is 41.4 Å². The Morgan fingerprint density at radius 1 is 1.16 bits per heavy atom. The van der Waals surface area contributed by atoms with Crippen molar-refractivity contribution in [1.29, 1.82) is 0 Å². The van der Waals surface area contributed by atoms with Crippen LogP contribution in [0.1, 0.15) is 30.5 Å². The second-order valence-corrected chi connectivity index (χ2v) is 12.1. The van der Waals surface area contributed by atoms with E-state index < -0.39 is 22.0 Å². The molecule has 8 nitrogen and oxygen atoms in total. The monoisotopic (exact) mass is 579 g/mol. The minimum atomic E-state index is -4.10. The zero-order valence-corrected chi connectivity index (χ0v) is 23.9. The molecule has 11 heteroatoms. The quantitative estimate of drug-likeness (QED) is 0.244. The molecule has 38 heavy (non-hydrogen) atoms. The lowest BCUT2D eigenvalue weighted by Gasteiger charge is -2.24. The molecule has 0 radical (unpaired) electrons. The van der Waals surface area contributed by atoms with Gasteiger partial charge in [0, 0.05) is 34.8 Å². The molecule has 1 saturated heterocycles. The van der Waals surface area contributed by atoms with Gasteiger partial charge in [0.15, 0.2) is 0 Å². The number of carbonyl (C=O) groups is 1. The molecule has 1 aliphatic heterocycles. The Bertz CT molecular complexity index is 1430. The number of hydrogen-bond acceptors (Lipinski definition) is 7. The van der Waals surface area contributed by atoms with Crippen molar-refractivity contribution < 1.29 is 22.7 Å². The van der Waals surface area contributed by atoms with E-state index in [0.717, 1.165) is 17.6 Å². The highest BCUT2D eigenvalue weighted by Gasteiger charge is 2.41. The number of rotatable bonds is 10. The number of para-hydroxylation sites is 1. The van der Waals surface area contributed by atoms with E-state index in [1.165, 1.54) is 16.4 Å². The number of halogens is 2. The van der Waals surface area contributed by atoms with Crippen molar-refractivity contribution in [3.63, 3.8) is 0 Å². The Morgan fingerprint density at radius 3 is 2.71 bits per heavy atom. The number of benzene rings is 2. The Morgan fingerprint density at radius 2 is 1.95 bits per heavy atom. The molecule has 0 amide bonds. The van der Waals surface area contributed by atoms with Crippen molar-refractivity contribution in [1.82, 2.24) is 14.2 Å². The van der Waals surface area contributed by atoms with Gasteiger partial charge < -0.3 is 14.4 Å². The van der Waals surface area contributed by atoms with Gasteiger partial charge in [-0.25, -0.2) is 13.4 Å². The number of nitrogens with zero attached hydrogens (tertiary/aromatic N) is 3. The molecule has 0 N–H and O–H groups in total. The maximum atomic E-state index is 13.7. The Kier molecular flexibility index (Phi) is 9.15. The Hall–Kier alpha value is -2.43. The molecular weight excluding hydrogens is 549 g/mol. The van der Waals surface area contributed by atoms with Crippen LogP contribution in [0, 0.1) is 6.92 Å². The minimum absolute atomic E-state index is 0.0353. The third-order valence-electron chi connectivity index (χ3n) is 6.40. The van der Waals surface area contributed by atoms with Crippen molar-refractivity contribution in [2.24, 2.45) is 0 Å². The maximum absolute atomic E-state index is 13.7. The first-order chi connectivity index (χ1) is 18.1. The van der Waals surface area contributed by atoms with E-state index in [0.29, 0.717) is 36.1 Å². The molecule has 0 bridgehead atoms. The summed E-state index contributed by atoms with van der Waals surface area (Å²) in [5.74, 6) is -0.0135. The van der Waals surface area contributed by atoms with Crippen LogP contribution in [0.5, 0.6) is 5.75 Å². The second-order valence-electron chi connectivity index (χ2n) is 9.51. The summed E-state index contributed by atoms with van der Waals surface area (Å²) in [6, 6.07) is 11.4. The number of aromatic nitrogens is 1. The first kappa shape index (κ1) is 28.6. The van der Waals surface area contributed by atoms with Gasteiger partial charge in [-0.15, -0.1) is 0 Å². The lowest BCUT2D eigenvalue weighted by Crippen LogP contribution is -2.41. The molecule has 2 aromatic carbocycles. The van der Waals surface area contributed by atoms with Gasteiger partial charge in [0.05, 0.1) is 11.6 Å². The minimum Gasteiger partial charge on any atom is -0.487 e. The Balaban J connectivity index is 1.55. The smallest absolute Gasteiger partial charge is 0.324 e. The number of ether oxygens (including phenoxy) is 2. The molecule has 0 spiro atoms. The molecule has 0 aliphatic carbocycles. The summed E-state index contributed by atoms with van der Waals surface area (Å²) in [6.45, 7) is 3.02. The SMILES string of the molecule is Cc1ccc2cccc(OCc3c(Cl)ccc(S(=O)(=O)N4CCC[C@H]4C(=O)OCCCN(C)C)c3Cl)c2n1. The third-order valence-corrected chi connectivity index (χ3v) is 9.25. The molecule has 1 aromatic heterocycles. The zero-order chi connectivity index (χ0) is 27.4. The standard InChI is InChI=1S/C27H31Cl2N3O5S/c1-18-10-11-19-7-4-9-23(26(19)30-18)37-17-20-21(28)12-13-24(25(20)29)38(34,35)32-15-5-8-22(32)27(33)36-16-6-14-31(2)3/h4,7,9-13,22H,5-6,8,14-17H2,1-3H3/t22-/m0/s1. The maximum Gasteiger partial charge on any atom is 0.324 e. The van der Waals surface area contributed by atoms with Gasteiger partial charge in [-0.2, -0.15) is 4.31 Å². The highest BCUT2D eigenvalue weighted by atomic mass is 35.5. The zero-order valence-electron chi connectivity index (χ0n) is 21.6. The molecule has 0 saturated carbocycles. The van der Waals surface area contributed by atoms with E-state index in [1.807, 2.05) is 50.2 Å². The average molecular weight is 581 g/mol. The topological polar surface area (TPSA) is 89.0 Å². The van der Waals surface area contributed by atoms with Crippen molar-refractivity contribution in [3.8, 4) is 5.75 Å². The van der Waals surface area contributed by atoms with Crippen molar-refractivity contribution in [3.05, 3.63) is 63.8 Å². The Labute approximate surface area is 233 Å². The summed E-state index contributed by atoms with van der Waals surface area (Å²) in [5.41, 5.74) is 1.86. The number of sulfonamides is 1. The van der Waals surface area contributed by atoms with Crippen LogP contribution in [0.2, 0.25) is 10.0 Å². The number of fused-ring (bicyclic) bond motifs is 1. The fourth-order valence-electron chi connectivity index (χ4n) is 4.43. The molecule has 1 aliphatic rings.